The molecule has 1 heterocycles. The molecule has 0 saturated heterocycles. The third-order valence-corrected chi connectivity index (χ3v) is 6.67. The molecule has 0 saturated carbocycles. The van der Waals surface area contributed by atoms with E-state index in [1.807, 2.05) is 18.2 Å². The number of pyridine rings is 1. The summed E-state index contributed by atoms with van der Waals surface area (Å²) in [7, 11) is 0. The lowest BCUT2D eigenvalue weighted by atomic mass is 9.92. The molecule has 36 heavy (non-hydrogen) atoms. The Morgan fingerprint density at radius 1 is 0.528 bits per heavy atom. The minimum Gasteiger partial charge on any atom is -0.354 e. The summed E-state index contributed by atoms with van der Waals surface area (Å²) in [6.45, 7) is 26.5. The average Bonchev–Trinajstić information content (AvgIpc) is 2.83. The van der Waals surface area contributed by atoms with Crippen LogP contribution >= 0.6 is 0 Å². The topological polar surface area (TPSA) is 37.0 Å². The molecular weight excluding hydrogens is 438 g/mol. The molecule has 190 valence electrons. The molecule has 3 nitrogen and oxygen atoms in total. The molecule has 0 radical (unpaired) electrons. The highest BCUT2D eigenvalue weighted by molar-refractivity contribution is 5.80. The predicted octanol–water partition coefficient (Wildman–Crippen LogP) is 9.74. The van der Waals surface area contributed by atoms with E-state index in [0.29, 0.717) is 23.7 Å². The third-order valence-electron chi connectivity index (χ3n) is 6.67. The zero-order valence-electron chi connectivity index (χ0n) is 23.4. The van der Waals surface area contributed by atoms with Crippen LogP contribution in [0.3, 0.4) is 0 Å². The maximum absolute atomic E-state index is 4.94. The minimum absolute atomic E-state index is 0.401. The summed E-state index contributed by atoms with van der Waals surface area (Å²) >= 11 is 0. The van der Waals surface area contributed by atoms with Crippen LogP contribution in [0.1, 0.15) is 113 Å². The molecule has 3 aromatic rings. The Morgan fingerprint density at radius 2 is 0.806 bits per heavy atom. The van der Waals surface area contributed by atoms with Crippen LogP contribution in [0.5, 0.6) is 0 Å². The largest absolute Gasteiger partial charge is 0.354 e. The first-order valence-corrected chi connectivity index (χ1v) is 13.2. The first-order chi connectivity index (χ1) is 17.0. The summed E-state index contributed by atoms with van der Waals surface area (Å²) in [6.07, 6.45) is 0. The van der Waals surface area contributed by atoms with Gasteiger partial charge in [0.2, 0.25) is 0 Å². The van der Waals surface area contributed by atoms with Gasteiger partial charge in [-0.3, -0.25) is 0 Å². The second-order valence-electron chi connectivity index (χ2n) is 10.9. The fourth-order valence-electron chi connectivity index (χ4n) is 4.59. The maximum atomic E-state index is 4.94. The van der Waals surface area contributed by atoms with E-state index in [1.54, 1.807) is 0 Å². The van der Waals surface area contributed by atoms with Crippen molar-refractivity contribution >= 4 is 22.8 Å². The van der Waals surface area contributed by atoms with Crippen molar-refractivity contribution in [2.24, 2.45) is 0 Å². The molecule has 3 rings (SSSR count). The summed E-state index contributed by atoms with van der Waals surface area (Å²) in [6, 6.07) is 19.1. The number of para-hydroxylation sites is 2. The van der Waals surface area contributed by atoms with E-state index in [1.165, 1.54) is 22.3 Å². The van der Waals surface area contributed by atoms with Crippen LogP contribution in [0.25, 0.3) is 11.4 Å². The number of hydrogen-bond donors (Lipinski definition) is 2. The Morgan fingerprint density at radius 3 is 1.08 bits per heavy atom. The fraction of sp³-hybridized carbons (Fsp3) is 0.364. The molecule has 0 atom stereocenters. The standard InChI is InChI=1S/C33H43N3/c1-20(2)26-14-11-15-27(21(3)4)32(26)34-24(9)30-18-13-19-31(36-30)25(10)35-33-28(22(5)6)16-12-17-29(33)23(7)8/h11-23,34-35H,9-10H2,1-8H3. The van der Waals surface area contributed by atoms with Gasteiger partial charge in [0.05, 0.1) is 22.8 Å². The second-order valence-corrected chi connectivity index (χ2v) is 10.9. The number of rotatable bonds is 10. The van der Waals surface area contributed by atoms with Gasteiger partial charge in [-0.05, 0) is 58.1 Å². The van der Waals surface area contributed by atoms with Gasteiger partial charge in [0.1, 0.15) is 0 Å². The number of nitrogens with zero attached hydrogens (tertiary/aromatic N) is 1. The first kappa shape index (κ1) is 27.3. The van der Waals surface area contributed by atoms with E-state index in [0.717, 1.165) is 34.2 Å². The first-order valence-electron chi connectivity index (χ1n) is 13.2. The summed E-state index contributed by atoms with van der Waals surface area (Å²) in [5, 5.41) is 7.23. The van der Waals surface area contributed by atoms with Gasteiger partial charge in [0.25, 0.3) is 0 Å². The quantitative estimate of drug-likeness (QED) is 0.302. The number of aromatic nitrogens is 1. The number of benzene rings is 2. The Bertz CT molecular complexity index is 1090. The summed E-state index contributed by atoms with van der Waals surface area (Å²) in [5.74, 6) is 1.61. The summed E-state index contributed by atoms with van der Waals surface area (Å²) < 4.78 is 0. The van der Waals surface area contributed by atoms with Crippen LogP contribution in [-0.4, -0.2) is 4.98 Å². The van der Waals surface area contributed by atoms with Crippen LogP contribution in [0.15, 0.2) is 67.8 Å². The van der Waals surface area contributed by atoms with E-state index >= 15 is 0 Å². The molecule has 0 bridgehead atoms. The molecule has 0 aliphatic carbocycles. The van der Waals surface area contributed by atoms with Crippen molar-refractivity contribution < 1.29 is 0 Å². The molecule has 2 aromatic carbocycles. The summed E-state index contributed by atoms with van der Waals surface area (Å²) in [5.41, 5.74) is 10.6. The van der Waals surface area contributed by atoms with E-state index in [9.17, 15) is 0 Å². The SMILES string of the molecule is C=C(Nc1c(C(C)C)cccc1C(C)C)c1cccc(C(=C)Nc2c(C(C)C)cccc2C(C)C)n1. The van der Waals surface area contributed by atoms with Crippen molar-refractivity contribution in [3.05, 3.63) is 101 Å². The number of nitrogens with one attached hydrogen (secondary N) is 2. The molecule has 0 aliphatic rings. The highest BCUT2D eigenvalue weighted by atomic mass is 15.0. The van der Waals surface area contributed by atoms with Crippen molar-refractivity contribution in [1.29, 1.82) is 0 Å². The molecule has 0 aliphatic heterocycles. The fourth-order valence-corrected chi connectivity index (χ4v) is 4.59. The lowest BCUT2D eigenvalue weighted by Gasteiger charge is -2.23. The highest BCUT2D eigenvalue weighted by Gasteiger charge is 2.17. The third kappa shape index (κ3) is 6.07. The van der Waals surface area contributed by atoms with Gasteiger partial charge in [-0.2, -0.15) is 0 Å². The zero-order chi connectivity index (χ0) is 26.6. The number of anilines is 2. The van der Waals surface area contributed by atoms with Crippen molar-refractivity contribution in [2.45, 2.75) is 79.1 Å². The van der Waals surface area contributed by atoms with Gasteiger partial charge in [-0.15, -0.1) is 0 Å². The molecule has 3 heteroatoms. The van der Waals surface area contributed by atoms with Crippen LogP contribution in [-0.2, 0) is 0 Å². The molecule has 0 unspecified atom stereocenters. The van der Waals surface area contributed by atoms with E-state index < -0.39 is 0 Å². The van der Waals surface area contributed by atoms with Crippen molar-refractivity contribution in [3.8, 4) is 0 Å². The molecule has 0 spiro atoms. The maximum Gasteiger partial charge on any atom is 0.0866 e. The number of hydrogen-bond acceptors (Lipinski definition) is 3. The Labute approximate surface area is 218 Å². The smallest absolute Gasteiger partial charge is 0.0866 e. The predicted molar refractivity (Wildman–Crippen MR) is 159 cm³/mol. The minimum atomic E-state index is 0.401. The lowest BCUT2D eigenvalue weighted by Crippen LogP contribution is -2.10. The molecule has 0 amide bonds. The normalized spacial score (nSPS) is 11.4. The highest BCUT2D eigenvalue weighted by Crippen LogP contribution is 2.36. The Hall–Kier alpha value is -3.33. The molecule has 0 fully saturated rings. The van der Waals surface area contributed by atoms with Crippen LogP contribution in [0.4, 0.5) is 11.4 Å². The van der Waals surface area contributed by atoms with Crippen molar-refractivity contribution in [2.75, 3.05) is 10.6 Å². The monoisotopic (exact) mass is 481 g/mol. The van der Waals surface area contributed by atoms with Crippen LogP contribution in [0, 0.1) is 0 Å². The van der Waals surface area contributed by atoms with Gasteiger partial charge in [0.15, 0.2) is 0 Å². The van der Waals surface area contributed by atoms with E-state index in [2.05, 4.69) is 116 Å². The lowest BCUT2D eigenvalue weighted by molar-refractivity contribution is 0.838. The van der Waals surface area contributed by atoms with Crippen LogP contribution in [0.2, 0.25) is 0 Å². The average molecular weight is 482 g/mol. The second kappa shape index (κ2) is 11.6. The van der Waals surface area contributed by atoms with E-state index in [4.69, 9.17) is 4.98 Å². The van der Waals surface area contributed by atoms with Crippen molar-refractivity contribution in [3.63, 3.8) is 0 Å². The summed E-state index contributed by atoms with van der Waals surface area (Å²) in [4.78, 5) is 4.94. The Balaban J connectivity index is 1.92. The van der Waals surface area contributed by atoms with Gasteiger partial charge >= 0.3 is 0 Å². The molecule has 1 aromatic heterocycles. The van der Waals surface area contributed by atoms with Crippen LogP contribution < -0.4 is 10.6 Å². The van der Waals surface area contributed by atoms with Gasteiger partial charge in [0, 0.05) is 11.4 Å². The van der Waals surface area contributed by atoms with Gasteiger partial charge < -0.3 is 10.6 Å². The van der Waals surface area contributed by atoms with E-state index in [-0.39, 0.29) is 0 Å². The molecule has 2 N–H and O–H groups in total. The molecular formula is C33H43N3. The van der Waals surface area contributed by atoms with Gasteiger partial charge in [-0.1, -0.05) is 111 Å². The Kier molecular flexibility index (Phi) is 8.79. The zero-order valence-corrected chi connectivity index (χ0v) is 23.4. The van der Waals surface area contributed by atoms with Crippen molar-refractivity contribution in [1.82, 2.24) is 4.98 Å². The van der Waals surface area contributed by atoms with Gasteiger partial charge in [-0.25, -0.2) is 4.98 Å².